The van der Waals surface area contributed by atoms with Crippen molar-refractivity contribution in [3.63, 3.8) is 0 Å². The first-order valence-electron chi connectivity index (χ1n) is 3.53. The number of aliphatic hydroxyl groups excluding tert-OH is 1. The van der Waals surface area contributed by atoms with Crippen LogP contribution in [0.1, 0.15) is 26.7 Å². The van der Waals surface area contributed by atoms with E-state index in [4.69, 9.17) is 4.74 Å². The molecule has 0 aromatic rings. The van der Waals surface area contributed by atoms with Crippen LogP contribution in [-0.4, -0.2) is 23.4 Å². The van der Waals surface area contributed by atoms with E-state index in [2.05, 4.69) is 0 Å². The second-order valence-electron chi connectivity index (χ2n) is 2.80. The normalized spacial score (nSPS) is 45.0. The summed E-state index contributed by atoms with van der Waals surface area (Å²) in [4.78, 5) is 0. The van der Waals surface area contributed by atoms with E-state index in [-0.39, 0.29) is 12.2 Å². The van der Waals surface area contributed by atoms with E-state index in [0.29, 0.717) is 6.10 Å². The zero-order chi connectivity index (χ0) is 6.85. The topological polar surface area (TPSA) is 29.5 Å². The number of hydrogen-bond acceptors (Lipinski definition) is 2. The van der Waals surface area contributed by atoms with Crippen molar-refractivity contribution in [1.82, 2.24) is 0 Å². The van der Waals surface area contributed by atoms with Gasteiger partial charge in [-0.3, -0.25) is 0 Å². The minimum absolute atomic E-state index is 0.0359. The highest BCUT2D eigenvalue weighted by Crippen LogP contribution is 2.18. The molecule has 0 spiro atoms. The van der Waals surface area contributed by atoms with Crippen molar-refractivity contribution in [2.75, 3.05) is 0 Å². The van der Waals surface area contributed by atoms with E-state index < -0.39 is 0 Å². The Hall–Kier alpha value is -0.0800. The maximum atomic E-state index is 9.17. The third-order valence-electron chi connectivity index (χ3n) is 1.86. The molecular weight excluding hydrogens is 116 g/mol. The van der Waals surface area contributed by atoms with Gasteiger partial charge >= 0.3 is 0 Å². The van der Waals surface area contributed by atoms with Crippen molar-refractivity contribution in [2.45, 2.75) is 45.0 Å². The largest absolute Gasteiger partial charge is 0.390 e. The summed E-state index contributed by atoms with van der Waals surface area (Å²) in [6, 6.07) is 0. The molecule has 1 aliphatic heterocycles. The van der Waals surface area contributed by atoms with Crippen LogP contribution in [0, 0.1) is 0 Å². The van der Waals surface area contributed by atoms with Crippen molar-refractivity contribution >= 4 is 0 Å². The third-order valence-corrected chi connectivity index (χ3v) is 1.86. The molecule has 1 aliphatic rings. The molecule has 1 N–H and O–H groups in total. The molecule has 2 nitrogen and oxygen atoms in total. The van der Waals surface area contributed by atoms with Gasteiger partial charge in [-0.2, -0.15) is 0 Å². The van der Waals surface area contributed by atoms with Gasteiger partial charge in [-0.15, -0.1) is 0 Å². The van der Waals surface area contributed by atoms with E-state index in [1.165, 1.54) is 0 Å². The van der Waals surface area contributed by atoms with Crippen molar-refractivity contribution in [2.24, 2.45) is 0 Å². The van der Waals surface area contributed by atoms with Crippen LogP contribution < -0.4 is 0 Å². The van der Waals surface area contributed by atoms with E-state index in [0.717, 1.165) is 12.8 Å². The minimum atomic E-state index is -0.235. The number of aliphatic hydroxyl groups is 1. The summed E-state index contributed by atoms with van der Waals surface area (Å²) < 4.78 is 5.35. The molecule has 0 aromatic heterocycles. The molecule has 0 bridgehead atoms. The van der Waals surface area contributed by atoms with Gasteiger partial charge in [0.2, 0.25) is 0 Å². The molecule has 0 radical (unpaired) electrons. The molecule has 2 heteroatoms. The van der Waals surface area contributed by atoms with Gasteiger partial charge < -0.3 is 9.84 Å². The maximum absolute atomic E-state index is 9.17. The van der Waals surface area contributed by atoms with Crippen LogP contribution in [0.2, 0.25) is 0 Å². The van der Waals surface area contributed by atoms with Crippen LogP contribution in [0.15, 0.2) is 0 Å². The van der Waals surface area contributed by atoms with Gasteiger partial charge in [-0.05, 0) is 26.7 Å². The predicted molar refractivity (Wildman–Crippen MR) is 35.2 cm³/mol. The van der Waals surface area contributed by atoms with Crippen LogP contribution in [0.5, 0.6) is 0 Å². The van der Waals surface area contributed by atoms with Crippen molar-refractivity contribution < 1.29 is 9.84 Å². The van der Waals surface area contributed by atoms with Crippen LogP contribution >= 0.6 is 0 Å². The van der Waals surface area contributed by atoms with Crippen molar-refractivity contribution in [1.29, 1.82) is 0 Å². The fraction of sp³-hybridized carbons (Fsp3) is 1.00. The SMILES string of the molecule is C[C@H]1CC[C@H](O)[C@@H](C)O1. The van der Waals surface area contributed by atoms with Crippen molar-refractivity contribution in [3.8, 4) is 0 Å². The first-order chi connectivity index (χ1) is 4.20. The fourth-order valence-electron chi connectivity index (χ4n) is 1.17. The quantitative estimate of drug-likeness (QED) is 0.528. The summed E-state index contributed by atoms with van der Waals surface area (Å²) in [6.07, 6.45) is 2.02. The van der Waals surface area contributed by atoms with E-state index in [1.54, 1.807) is 0 Å². The van der Waals surface area contributed by atoms with Gasteiger partial charge in [-0.25, -0.2) is 0 Å². The summed E-state index contributed by atoms with van der Waals surface area (Å²) in [5.41, 5.74) is 0. The molecule has 3 atom stereocenters. The minimum Gasteiger partial charge on any atom is -0.390 e. The molecule has 0 aromatic carbocycles. The van der Waals surface area contributed by atoms with Crippen LogP contribution in [-0.2, 0) is 4.74 Å². The lowest BCUT2D eigenvalue weighted by Crippen LogP contribution is -2.35. The zero-order valence-electron chi connectivity index (χ0n) is 6.00. The molecule has 0 saturated carbocycles. The van der Waals surface area contributed by atoms with E-state index in [9.17, 15) is 5.11 Å². The Kier molecular flexibility index (Phi) is 2.09. The fourth-order valence-corrected chi connectivity index (χ4v) is 1.17. The second-order valence-corrected chi connectivity index (χ2v) is 2.80. The second kappa shape index (κ2) is 2.67. The summed E-state index contributed by atoms with van der Waals surface area (Å²) in [5, 5.41) is 9.17. The molecule has 1 fully saturated rings. The summed E-state index contributed by atoms with van der Waals surface area (Å²) in [7, 11) is 0. The van der Waals surface area contributed by atoms with Gasteiger partial charge in [0.1, 0.15) is 0 Å². The van der Waals surface area contributed by atoms with Crippen LogP contribution in [0.4, 0.5) is 0 Å². The lowest BCUT2D eigenvalue weighted by molar-refractivity contribution is -0.101. The van der Waals surface area contributed by atoms with Crippen LogP contribution in [0.3, 0.4) is 0 Å². The Morgan fingerprint density at radius 1 is 1.33 bits per heavy atom. The summed E-state index contributed by atoms with van der Waals surface area (Å²) >= 11 is 0. The smallest absolute Gasteiger partial charge is 0.0809 e. The lowest BCUT2D eigenvalue weighted by atomic mass is 10.0. The third kappa shape index (κ3) is 1.66. The molecule has 9 heavy (non-hydrogen) atoms. The zero-order valence-corrected chi connectivity index (χ0v) is 6.00. The number of ether oxygens (including phenoxy) is 1. The van der Waals surface area contributed by atoms with Gasteiger partial charge in [0.05, 0.1) is 18.3 Å². The van der Waals surface area contributed by atoms with Crippen molar-refractivity contribution in [3.05, 3.63) is 0 Å². The molecule has 1 rings (SSSR count). The molecule has 1 heterocycles. The Morgan fingerprint density at radius 2 is 2.00 bits per heavy atom. The Morgan fingerprint density at radius 3 is 2.44 bits per heavy atom. The average molecular weight is 130 g/mol. The molecule has 1 saturated heterocycles. The highest BCUT2D eigenvalue weighted by Gasteiger charge is 2.23. The van der Waals surface area contributed by atoms with Gasteiger partial charge in [-0.1, -0.05) is 0 Å². The standard InChI is InChI=1S/C7H14O2/c1-5-3-4-7(8)6(2)9-5/h5-8H,3-4H2,1-2H3/t5-,6+,7-/m0/s1. The Labute approximate surface area is 55.8 Å². The number of hydrogen-bond donors (Lipinski definition) is 1. The molecule has 54 valence electrons. The van der Waals surface area contributed by atoms with Crippen LogP contribution in [0.25, 0.3) is 0 Å². The predicted octanol–water partition coefficient (Wildman–Crippen LogP) is 0.935. The monoisotopic (exact) mass is 130 g/mol. The molecule has 0 amide bonds. The van der Waals surface area contributed by atoms with E-state index in [1.807, 2.05) is 13.8 Å². The Balaban J connectivity index is 2.35. The first-order valence-corrected chi connectivity index (χ1v) is 3.53. The highest BCUT2D eigenvalue weighted by atomic mass is 16.5. The molecule has 0 unspecified atom stereocenters. The molecular formula is C7H14O2. The lowest BCUT2D eigenvalue weighted by Gasteiger charge is -2.29. The maximum Gasteiger partial charge on any atom is 0.0809 e. The Bertz CT molecular complexity index is 92.9. The average Bonchev–Trinajstić information content (AvgIpc) is 1.80. The van der Waals surface area contributed by atoms with Gasteiger partial charge in [0, 0.05) is 0 Å². The summed E-state index contributed by atoms with van der Waals surface area (Å²) in [5.74, 6) is 0. The first kappa shape index (κ1) is 7.03. The van der Waals surface area contributed by atoms with Gasteiger partial charge in [0.25, 0.3) is 0 Å². The summed E-state index contributed by atoms with van der Waals surface area (Å²) in [6.45, 7) is 3.96. The highest BCUT2D eigenvalue weighted by molar-refractivity contribution is 4.72. The number of rotatable bonds is 0. The van der Waals surface area contributed by atoms with Gasteiger partial charge in [0.15, 0.2) is 0 Å². The van der Waals surface area contributed by atoms with E-state index >= 15 is 0 Å². The molecule has 0 aliphatic carbocycles.